The minimum Gasteiger partial charge on any atom is -0.388 e. The van der Waals surface area contributed by atoms with Gasteiger partial charge in [-0.1, -0.05) is 51.1 Å². The number of aliphatic hydroxyl groups is 1. The molecule has 1 aromatic rings. The van der Waals surface area contributed by atoms with E-state index in [0.29, 0.717) is 18.3 Å². The van der Waals surface area contributed by atoms with E-state index < -0.39 is 11.0 Å². The normalized spacial score (nSPS) is 23.0. The van der Waals surface area contributed by atoms with Gasteiger partial charge in [0, 0.05) is 6.42 Å². The molecule has 1 atom stereocenters. The van der Waals surface area contributed by atoms with E-state index in [2.05, 4.69) is 19.9 Å². The Morgan fingerprint density at radius 1 is 1.14 bits per heavy atom. The molecule has 0 spiro atoms. The van der Waals surface area contributed by atoms with Crippen LogP contribution in [0.4, 0.5) is 0 Å². The lowest BCUT2D eigenvalue weighted by Crippen LogP contribution is -2.51. The Morgan fingerprint density at radius 3 is 2.19 bits per heavy atom. The predicted octanol–water partition coefficient (Wildman–Crippen LogP) is 4.48. The maximum atomic E-state index is 11.3. The maximum absolute atomic E-state index is 11.3. The number of rotatable bonds is 4. The van der Waals surface area contributed by atoms with Crippen molar-refractivity contribution in [3.8, 4) is 6.07 Å². The summed E-state index contributed by atoms with van der Waals surface area (Å²) in [7, 11) is 0. The summed E-state index contributed by atoms with van der Waals surface area (Å²) in [6.45, 7) is 6.52. The lowest BCUT2D eigenvalue weighted by atomic mass is 9.57. The van der Waals surface area contributed by atoms with Crippen LogP contribution in [0.5, 0.6) is 0 Å². The summed E-state index contributed by atoms with van der Waals surface area (Å²) in [4.78, 5) is 0. The number of benzene rings is 1. The molecule has 0 aliphatic heterocycles. The van der Waals surface area contributed by atoms with Crippen molar-refractivity contribution < 1.29 is 5.11 Å². The molecular weight excluding hydrogens is 258 g/mol. The Hall–Kier alpha value is -1.33. The average molecular weight is 285 g/mol. The predicted molar refractivity (Wildman–Crippen MR) is 85.7 cm³/mol. The summed E-state index contributed by atoms with van der Waals surface area (Å²) in [5, 5.41) is 21.1. The van der Waals surface area contributed by atoms with E-state index in [-0.39, 0.29) is 0 Å². The van der Waals surface area contributed by atoms with Gasteiger partial charge in [-0.05, 0) is 43.1 Å². The highest BCUT2D eigenvalue weighted by molar-refractivity contribution is 5.22. The molecule has 2 heteroatoms. The second-order valence-electron chi connectivity index (χ2n) is 7.41. The van der Waals surface area contributed by atoms with E-state index in [1.165, 1.54) is 0 Å². The fourth-order valence-electron chi connectivity index (χ4n) is 3.60. The van der Waals surface area contributed by atoms with Gasteiger partial charge in [0.1, 0.15) is 0 Å². The zero-order chi connectivity index (χ0) is 15.6. The Bertz CT molecular complexity index is 504. The second kappa shape index (κ2) is 5.81. The van der Waals surface area contributed by atoms with E-state index in [1.54, 1.807) is 0 Å². The van der Waals surface area contributed by atoms with Crippen molar-refractivity contribution in [2.24, 2.45) is 10.8 Å². The van der Waals surface area contributed by atoms with Gasteiger partial charge in [0.25, 0.3) is 0 Å². The Labute approximate surface area is 128 Å². The molecule has 0 bridgehead atoms. The van der Waals surface area contributed by atoms with Gasteiger partial charge >= 0.3 is 0 Å². The van der Waals surface area contributed by atoms with E-state index in [1.807, 2.05) is 37.3 Å². The fourth-order valence-corrected chi connectivity index (χ4v) is 3.60. The van der Waals surface area contributed by atoms with Crippen LogP contribution in [0, 0.1) is 22.2 Å². The first-order chi connectivity index (χ1) is 9.86. The third-order valence-corrected chi connectivity index (χ3v) is 5.49. The van der Waals surface area contributed by atoms with Crippen molar-refractivity contribution in [2.75, 3.05) is 0 Å². The first kappa shape index (κ1) is 16.0. The van der Waals surface area contributed by atoms with E-state index >= 15 is 0 Å². The fraction of sp³-hybridized carbons (Fsp3) is 0.632. The minimum absolute atomic E-state index is 0.293. The molecule has 1 N–H and O–H groups in total. The Morgan fingerprint density at radius 2 is 1.71 bits per heavy atom. The average Bonchev–Trinajstić information content (AvgIpc) is 2.48. The third kappa shape index (κ3) is 3.14. The van der Waals surface area contributed by atoms with E-state index in [4.69, 9.17) is 0 Å². The third-order valence-electron chi connectivity index (χ3n) is 5.49. The molecule has 1 aliphatic rings. The van der Waals surface area contributed by atoms with Gasteiger partial charge < -0.3 is 5.11 Å². The molecule has 1 aliphatic carbocycles. The first-order valence-corrected chi connectivity index (χ1v) is 8.04. The monoisotopic (exact) mass is 285 g/mol. The van der Waals surface area contributed by atoms with Crippen molar-refractivity contribution in [3.05, 3.63) is 35.9 Å². The lowest BCUT2D eigenvalue weighted by molar-refractivity contribution is -0.0874. The van der Waals surface area contributed by atoms with Crippen LogP contribution in [0.3, 0.4) is 0 Å². The summed E-state index contributed by atoms with van der Waals surface area (Å²) in [6.07, 6.45) is 4.81. The zero-order valence-corrected chi connectivity index (χ0v) is 13.5. The van der Waals surface area contributed by atoms with Crippen molar-refractivity contribution in [1.29, 1.82) is 5.26 Å². The SMILES string of the molecule is CCC(O)(Cc1ccccc1)C1(C#N)CCC(C)(C)CC1. The number of hydrogen-bond acceptors (Lipinski definition) is 2. The van der Waals surface area contributed by atoms with Crippen LogP contribution in [-0.4, -0.2) is 10.7 Å². The van der Waals surface area contributed by atoms with Crippen molar-refractivity contribution in [3.63, 3.8) is 0 Å². The Balaban J connectivity index is 2.27. The quantitative estimate of drug-likeness (QED) is 0.886. The van der Waals surface area contributed by atoms with Crippen LogP contribution in [0.1, 0.15) is 58.4 Å². The number of nitriles is 1. The molecule has 114 valence electrons. The summed E-state index contributed by atoms with van der Waals surface area (Å²) >= 11 is 0. The van der Waals surface area contributed by atoms with Crippen molar-refractivity contribution >= 4 is 0 Å². The van der Waals surface area contributed by atoms with Crippen LogP contribution in [0.15, 0.2) is 30.3 Å². The topological polar surface area (TPSA) is 44.0 Å². The van der Waals surface area contributed by atoms with E-state index in [0.717, 1.165) is 31.2 Å². The molecule has 0 saturated heterocycles. The van der Waals surface area contributed by atoms with Gasteiger partial charge in [0.15, 0.2) is 0 Å². The molecule has 0 heterocycles. The van der Waals surface area contributed by atoms with Crippen molar-refractivity contribution in [1.82, 2.24) is 0 Å². The highest BCUT2D eigenvalue weighted by Crippen LogP contribution is 2.52. The molecule has 1 fully saturated rings. The summed E-state index contributed by atoms with van der Waals surface area (Å²) in [5.74, 6) is 0. The molecular formula is C19H27NO. The molecule has 0 aromatic heterocycles. The second-order valence-corrected chi connectivity index (χ2v) is 7.41. The summed E-state index contributed by atoms with van der Waals surface area (Å²) < 4.78 is 0. The number of hydrogen-bond donors (Lipinski definition) is 1. The van der Waals surface area contributed by atoms with Crippen LogP contribution >= 0.6 is 0 Å². The molecule has 21 heavy (non-hydrogen) atoms. The zero-order valence-electron chi connectivity index (χ0n) is 13.5. The molecule has 0 radical (unpaired) electrons. The Kier molecular flexibility index (Phi) is 4.44. The molecule has 1 unspecified atom stereocenters. The van der Waals surface area contributed by atoms with Gasteiger partial charge in [0.2, 0.25) is 0 Å². The van der Waals surface area contributed by atoms with Gasteiger partial charge in [-0.2, -0.15) is 5.26 Å². The highest BCUT2D eigenvalue weighted by atomic mass is 16.3. The van der Waals surface area contributed by atoms with Gasteiger partial charge in [-0.3, -0.25) is 0 Å². The standard InChI is InChI=1S/C19H27NO/c1-4-19(21,14-16-8-6-5-7-9-16)18(15-20)12-10-17(2,3)11-13-18/h5-9,21H,4,10-14H2,1-3H3. The van der Waals surface area contributed by atoms with Crippen LogP contribution in [-0.2, 0) is 6.42 Å². The smallest absolute Gasteiger partial charge is 0.0870 e. The molecule has 2 nitrogen and oxygen atoms in total. The largest absolute Gasteiger partial charge is 0.388 e. The van der Waals surface area contributed by atoms with E-state index in [9.17, 15) is 10.4 Å². The summed E-state index contributed by atoms with van der Waals surface area (Å²) in [6, 6.07) is 12.6. The molecule has 1 saturated carbocycles. The van der Waals surface area contributed by atoms with Gasteiger partial charge in [0.05, 0.1) is 17.1 Å². The first-order valence-electron chi connectivity index (χ1n) is 8.04. The minimum atomic E-state index is -0.931. The van der Waals surface area contributed by atoms with Gasteiger partial charge in [-0.15, -0.1) is 0 Å². The molecule has 0 amide bonds. The molecule has 2 rings (SSSR count). The van der Waals surface area contributed by atoms with Crippen molar-refractivity contribution in [2.45, 2.75) is 64.9 Å². The maximum Gasteiger partial charge on any atom is 0.0870 e. The lowest BCUT2D eigenvalue weighted by Gasteiger charge is -2.48. The highest BCUT2D eigenvalue weighted by Gasteiger charge is 2.52. The van der Waals surface area contributed by atoms with Gasteiger partial charge in [-0.25, -0.2) is 0 Å². The molecule has 1 aromatic carbocycles. The van der Waals surface area contributed by atoms with Crippen LogP contribution < -0.4 is 0 Å². The number of nitrogens with zero attached hydrogens (tertiary/aromatic N) is 1. The van der Waals surface area contributed by atoms with Crippen LogP contribution in [0.25, 0.3) is 0 Å². The summed E-state index contributed by atoms with van der Waals surface area (Å²) in [5.41, 5.74) is -0.129. The van der Waals surface area contributed by atoms with Crippen LogP contribution in [0.2, 0.25) is 0 Å².